The Morgan fingerprint density at radius 1 is 1.33 bits per heavy atom. The van der Waals surface area contributed by atoms with Gasteiger partial charge in [0.25, 0.3) is 0 Å². The summed E-state index contributed by atoms with van der Waals surface area (Å²) in [4.78, 5) is 23.9. The van der Waals surface area contributed by atoms with Crippen LogP contribution >= 0.6 is 0 Å². The van der Waals surface area contributed by atoms with Crippen LogP contribution in [0.1, 0.15) is 30.6 Å². The zero-order chi connectivity index (χ0) is 18.3. The number of rotatable bonds is 8. The fourth-order valence-corrected chi connectivity index (χ4v) is 1.81. The number of benzene rings is 1. The molecule has 0 amide bonds. The maximum absolute atomic E-state index is 13.5. The van der Waals surface area contributed by atoms with Crippen LogP contribution in [0, 0.1) is 17.0 Å². The Kier molecular flexibility index (Phi) is 7.03. The molecule has 0 aliphatic carbocycles. The van der Waals surface area contributed by atoms with Crippen LogP contribution in [0.15, 0.2) is 29.6 Å². The Bertz CT molecular complexity index is 687. The molecule has 0 saturated heterocycles. The van der Waals surface area contributed by atoms with Crippen LogP contribution in [0.5, 0.6) is 0 Å². The van der Waals surface area contributed by atoms with Gasteiger partial charge in [-0.1, -0.05) is 6.92 Å². The Morgan fingerprint density at radius 3 is 2.54 bits per heavy atom. The maximum atomic E-state index is 13.5. The van der Waals surface area contributed by atoms with Gasteiger partial charge < -0.3 is 21.2 Å². The number of Topliss-reactive ketones (excluding diaryl/α,β-unsaturated/α-hetero) is 1. The van der Waals surface area contributed by atoms with E-state index >= 15 is 0 Å². The highest BCUT2D eigenvalue weighted by Crippen LogP contribution is 2.11. The second-order valence-electron chi connectivity index (χ2n) is 4.96. The monoisotopic (exact) mass is 339 g/mol. The van der Waals surface area contributed by atoms with Gasteiger partial charge in [0.2, 0.25) is 5.78 Å². The van der Waals surface area contributed by atoms with Gasteiger partial charge in [-0.2, -0.15) is 0 Å². The fourth-order valence-electron chi connectivity index (χ4n) is 1.81. The molecule has 0 heterocycles. The van der Waals surface area contributed by atoms with Crippen LogP contribution in [-0.4, -0.2) is 30.6 Å². The molecule has 130 valence electrons. The van der Waals surface area contributed by atoms with Gasteiger partial charge in [-0.3, -0.25) is 4.79 Å². The number of ketones is 1. The van der Waals surface area contributed by atoms with Crippen LogP contribution in [0.25, 0.3) is 0 Å². The van der Waals surface area contributed by atoms with Gasteiger partial charge in [-0.05, 0) is 25.5 Å². The minimum absolute atomic E-state index is 0.0326. The first kappa shape index (κ1) is 19.3. The number of carbonyl (C=O) groups excluding carboxylic acids is 2. The van der Waals surface area contributed by atoms with Gasteiger partial charge in [-0.25, -0.2) is 13.6 Å². The maximum Gasteiger partial charge on any atom is 0.344 e. The highest BCUT2D eigenvalue weighted by molar-refractivity contribution is 6.18. The SMILES string of the molecule is CCCN/C(N)=C(\C(C)=N)C(=O)OCC(=O)c1ccc(F)cc1F. The van der Waals surface area contributed by atoms with E-state index < -0.39 is 35.6 Å². The number of halogens is 2. The van der Waals surface area contributed by atoms with Crippen molar-refractivity contribution in [2.24, 2.45) is 5.73 Å². The van der Waals surface area contributed by atoms with Crippen molar-refractivity contribution in [3.05, 3.63) is 46.8 Å². The molecule has 0 aliphatic heterocycles. The summed E-state index contributed by atoms with van der Waals surface area (Å²) in [7, 11) is 0. The highest BCUT2D eigenvalue weighted by Gasteiger charge is 2.20. The van der Waals surface area contributed by atoms with Crippen LogP contribution in [-0.2, 0) is 9.53 Å². The molecule has 0 atom stereocenters. The summed E-state index contributed by atoms with van der Waals surface area (Å²) in [6, 6.07) is 2.46. The van der Waals surface area contributed by atoms with Crippen LogP contribution in [0.4, 0.5) is 8.78 Å². The summed E-state index contributed by atoms with van der Waals surface area (Å²) < 4.78 is 31.1. The van der Waals surface area contributed by atoms with E-state index in [1.165, 1.54) is 6.92 Å². The summed E-state index contributed by atoms with van der Waals surface area (Å²) in [5.74, 6) is -3.70. The number of nitrogens with two attached hydrogens (primary N) is 1. The Hall–Kier alpha value is -2.77. The highest BCUT2D eigenvalue weighted by atomic mass is 19.1. The van der Waals surface area contributed by atoms with Crippen molar-refractivity contribution >= 4 is 17.5 Å². The number of ether oxygens (including phenoxy) is 1. The van der Waals surface area contributed by atoms with Gasteiger partial charge >= 0.3 is 5.97 Å². The number of hydrogen-bond acceptors (Lipinski definition) is 6. The van der Waals surface area contributed by atoms with Crippen molar-refractivity contribution in [3.8, 4) is 0 Å². The first-order valence-electron chi connectivity index (χ1n) is 7.22. The van der Waals surface area contributed by atoms with Crippen LogP contribution in [0.2, 0.25) is 0 Å². The molecule has 24 heavy (non-hydrogen) atoms. The minimum atomic E-state index is -1.04. The number of hydrogen-bond donors (Lipinski definition) is 3. The Balaban J connectivity index is 2.82. The van der Waals surface area contributed by atoms with E-state index in [0.29, 0.717) is 12.6 Å². The molecule has 4 N–H and O–H groups in total. The van der Waals surface area contributed by atoms with Gasteiger partial charge in [0.1, 0.15) is 23.0 Å². The predicted octanol–water partition coefficient (Wildman–Crippen LogP) is 1.90. The lowest BCUT2D eigenvalue weighted by Crippen LogP contribution is -2.29. The van der Waals surface area contributed by atoms with Crippen molar-refractivity contribution in [1.29, 1.82) is 5.41 Å². The molecule has 0 aliphatic rings. The molecular weight excluding hydrogens is 320 g/mol. The van der Waals surface area contributed by atoms with Crippen LogP contribution < -0.4 is 11.1 Å². The number of esters is 1. The number of carbonyl (C=O) groups is 2. The minimum Gasteiger partial charge on any atom is -0.454 e. The second kappa shape index (κ2) is 8.76. The lowest BCUT2D eigenvalue weighted by molar-refractivity contribution is -0.137. The van der Waals surface area contributed by atoms with Gasteiger partial charge in [0.15, 0.2) is 6.61 Å². The smallest absolute Gasteiger partial charge is 0.344 e. The summed E-state index contributed by atoms with van der Waals surface area (Å²) >= 11 is 0. The summed E-state index contributed by atoms with van der Waals surface area (Å²) in [6.07, 6.45) is 0.752. The van der Waals surface area contributed by atoms with E-state index in [2.05, 4.69) is 5.32 Å². The zero-order valence-corrected chi connectivity index (χ0v) is 13.4. The van der Waals surface area contributed by atoms with E-state index in [-0.39, 0.29) is 17.1 Å². The van der Waals surface area contributed by atoms with Crippen molar-refractivity contribution in [2.75, 3.05) is 13.2 Å². The zero-order valence-electron chi connectivity index (χ0n) is 13.4. The standard InChI is InChI=1S/C16H19F2N3O3/c1-3-6-21-15(20)14(9(2)19)16(23)24-8-13(22)11-5-4-10(17)7-12(11)18/h4-5,7,19,21H,3,6,8,20H2,1-2H3/b15-14+,19-9?. The Morgan fingerprint density at radius 2 is 2.00 bits per heavy atom. The molecule has 0 bridgehead atoms. The largest absolute Gasteiger partial charge is 0.454 e. The molecular formula is C16H19F2N3O3. The van der Waals surface area contributed by atoms with E-state index in [1.54, 1.807) is 0 Å². The first-order chi connectivity index (χ1) is 11.3. The van der Waals surface area contributed by atoms with Gasteiger partial charge in [0, 0.05) is 18.3 Å². The normalized spacial score (nSPS) is 11.5. The van der Waals surface area contributed by atoms with Crippen molar-refractivity contribution in [3.63, 3.8) is 0 Å². The van der Waals surface area contributed by atoms with E-state index in [4.69, 9.17) is 15.9 Å². The lowest BCUT2D eigenvalue weighted by atomic mass is 10.1. The Labute approximate surface area is 138 Å². The first-order valence-corrected chi connectivity index (χ1v) is 7.22. The number of nitrogens with one attached hydrogen (secondary N) is 2. The average Bonchev–Trinajstić information content (AvgIpc) is 2.50. The summed E-state index contributed by atoms with van der Waals surface area (Å²) in [6.45, 7) is 2.98. The van der Waals surface area contributed by atoms with Gasteiger partial charge in [0.05, 0.1) is 5.56 Å². The third kappa shape index (κ3) is 5.15. The van der Waals surface area contributed by atoms with E-state index in [9.17, 15) is 18.4 Å². The summed E-state index contributed by atoms with van der Waals surface area (Å²) in [5.41, 5.74) is 4.98. The molecule has 1 rings (SSSR count). The third-order valence-electron chi connectivity index (χ3n) is 2.98. The molecule has 6 nitrogen and oxygen atoms in total. The van der Waals surface area contributed by atoms with Crippen molar-refractivity contribution < 1.29 is 23.1 Å². The lowest BCUT2D eigenvalue weighted by Gasteiger charge is -2.12. The van der Waals surface area contributed by atoms with Gasteiger partial charge in [-0.15, -0.1) is 0 Å². The molecule has 0 aromatic heterocycles. The van der Waals surface area contributed by atoms with Crippen molar-refractivity contribution in [2.45, 2.75) is 20.3 Å². The molecule has 0 fully saturated rings. The molecule has 0 saturated carbocycles. The predicted molar refractivity (Wildman–Crippen MR) is 84.6 cm³/mol. The molecule has 0 spiro atoms. The summed E-state index contributed by atoms with van der Waals surface area (Å²) in [5, 5.41) is 10.3. The molecule has 0 unspecified atom stereocenters. The average molecular weight is 339 g/mol. The molecule has 1 aromatic rings. The van der Waals surface area contributed by atoms with Crippen LogP contribution in [0.3, 0.4) is 0 Å². The molecule has 8 heteroatoms. The third-order valence-corrected chi connectivity index (χ3v) is 2.98. The van der Waals surface area contributed by atoms with E-state index in [1.807, 2.05) is 6.92 Å². The second-order valence-corrected chi connectivity index (χ2v) is 4.96. The fraction of sp³-hybridized carbons (Fsp3) is 0.312. The molecule has 0 radical (unpaired) electrons. The quantitative estimate of drug-likeness (QED) is 0.290. The topological polar surface area (TPSA) is 105 Å². The van der Waals surface area contributed by atoms with E-state index in [0.717, 1.165) is 18.6 Å². The molecule has 1 aromatic carbocycles. The van der Waals surface area contributed by atoms with Crippen molar-refractivity contribution in [1.82, 2.24) is 5.32 Å².